The van der Waals surface area contributed by atoms with Gasteiger partial charge in [-0.25, -0.2) is 0 Å². The number of aromatic nitrogens is 1. The van der Waals surface area contributed by atoms with Crippen molar-refractivity contribution in [1.29, 1.82) is 0 Å². The maximum Gasteiger partial charge on any atom is 0.282 e. The van der Waals surface area contributed by atoms with Crippen LogP contribution in [-0.4, -0.2) is 17.0 Å². The largest absolute Gasteiger partial charge is 0.496 e. The smallest absolute Gasteiger partial charge is 0.282 e. The zero-order valence-electron chi connectivity index (χ0n) is 10.4. The van der Waals surface area contributed by atoms with Crippen LogP contribution in [0.2, 0.25) is 0 Å². The molecule has 92 valence electrons. The number of hydrogen-bond donors (Lipinski definition) is 1. The molecule has 0 aliphatic heterocycles. The highest BCUT2D eigenvalue weighted by molar-refractivity contribution is 5.90. The van der Waals surface area contributed by atoms with E-state index in [-0.39, 0.29) is 5.69 Å². The average molecular weight is 236 g/mol. The lowest BCUT2D eigenvalue weighted by Gasteiger charge is -2.00. The Labute approximate surface area is 99.6 Å². The molecular weight excluding hydrogens is 220 g/mol. The Morgan fingerprint density at radius 3 is 2.47 bits per heavy atom. The first kappa shape index (κ1) is 13.0. The SMILES string of the molecule is CC.COc1cc([N+](=O)[O-])c2cc(C)[nH]c2c1. The summed E-state index contributed by atoms with van der Waals surface area (Å²) in [5.41, 5.74) is 1.67. The quantitative estimate of drug-likeness (QED) is 0.641. The lowest BCUT2D eigenvalue weighted by atomic mass is 10.2. The van der Waals surface area contributed by atoms with E-state index in [1.54, 1.807) is 12.1 Å². The number of rotatable bonds is 2. The molecule has 0 aliphatic rings. The number of ether oxygens (including phenoxy) is 1. The van der Waals surface area contributed by atoms with Gasteiger partial charge >= 0.3 is 0 Å². The van der Waals surface area contributed by atoms with Crippen molar-refractivity contribution in [1.82, 2.24) is 4.98 Å². The molecule has 0 bridgehead atoms. The monoisotopic (exact) mass is 236 g/mol. The van der Waals surface area contributed by atoms with Crippen molar-refractivity contribution in [3.8, 4) is 5.75 Å². The van der Waals surface area contributed by atoms with E-state index in [1.807, 2.05) is 20.8 Å². The van der Waals surface area contributed by atoms with E-state index < -0.39 is 4.92 Å². The van der Waals surface area contributed by atoms with Crippen molar-refractivity contribution in [2.24, 2.45) is 0 Å². The van der Waals surface area contributed by atoms with E-state index in [9.17, 15) is 10.1 Å². The van der Waals surface area contributed by atoms with Crippen molar-refractivity contribution in [3.05, 3.63) is 34.0 Å². The van der Waals surface area contributed by atoms with Crippen molar-refractivity contribution >= 4 is 16.6 Å². The first-order valence-electron chi connectivity index (χ1n) is 5.43. The van der Waals surface area contributed by atoms with Crippen LogP contribution in [0.5, 0.6) is 5.75 Å². The third-order valence-electron chi connectivity index (χ3n) is 2.26. The third-order valence-corrected chi connectivity index (χ3v) is 2.26. The number of aryl methyl sites for hydroxylation is 1. The van der Waals surface area contributed by atoms with Gasteiger partial charge in [0.1, 0.15) is 5.75 Å². The van der Waals surface area contributed by atoms with Gasteiger partial charge in [-0.3, -0.25) is 10.1 Å². The van der Waals surface area contributed by atoms with E-state index in [0.717, 1.165) is 11.2 Å². The minimum atomic E-state index is -0.405. The number of benzene rings is 1. The number of non-ortho nitro benzene ring substituents is 1. The van der Waals surface area contributed by atoms with Gasteiger partial charge < -0.3 is 9.72 Å². The zero-order chi connectivity index (χ0) is 13.0. The molecule has 2 rings (SSSR count). The van der Waals surface area contributed by atoms with Crippen molar-refractivity contribution in [2.45, 2.75) is 20.8 Å². The molecular formula is C12H16N2O3. The second-order valence-electron chi connectivity index (χ2n) is 3.32. The lowest BCUT2D eigenvalue weighted by molar-refractivity contribution is -0.383. The summed E-state index contributed by atoms with van der Waals surface area (Å²) in [6.07, 6.45) is 0. The fourth-order valence-electron chi connectivity index (χ4n) is 1.60. The van der Waals surface area contributed by atoms with E-state index >= 15 is 0 Å². The maximum atomic E-state index is 10.8. The van der Waals surface area contributed by atoms with Crippen LogP contribution in [0, 0.1) is 17.0 Å². The van der Waals surface area contributed by atoms with Crippen LogP contribution >= 0.6 is 0 Å². The van der Waals surface area contributed by atoms with Crippen LogP contribution in [0.3, 0.4) is 0 Å². The fraction of sp³-hybridized carbons (Fsp3) is 0.333. The number of aromatic amines is 1. The van der Waals surface area contributed by atoms with Crippen LogP contribution in [0.4, 0.5) is 5.69 Å². The predicted octanol–water partition coefficient (Wildman–Crippen LogP) is 3.42. The summed E-state index contributed by atoms with van der Waals surface area (Å²) in [4.78, 5) is 13.5. The number of H-pyrrole nitrogens is 1. The highest BCUT2D eigenvalue weighted by Crippen LogP contribution is 2.31. The van der Waals surface area contributed by atoms with Gasteiger partial charge in [-0.15, -0.1) is 0 Å². The molecule has 0 unspecified atom stereocenters. The minimum Gasteiger partial charge on any atom is -0.496 e. The molecule has 5 heteroatoms. The van der Waals surface area contributed by atoms with Gasteiger partial charge in [0, 0.05) is 11.8 Å². The van der Waals surface area contributed by atoms with Gasteiger partial charge in [0.05, 0.1) is 29.0 Å². The van der Waals surface area contributed by atoms with E-state index in [1.165, 1.54) is 13.2 Å². The minimum absolute atomic E-state index is 0.0636. The van der Waals surface area contributed by atoms with Crippen LogP contribution in [0.25, 0.3) is 10.9 Å². The highest BCUT2D eigenvalue weighted by Gasteiger charge is 2.15. The molecule has 0 amide bonds. The first-order chi connectivity index (χ1) is 8.11. The molecule has 1 aromatic carbocycles. The predicted molar refractivity (Wildman–Crippen MR) is 67.6 cm³/mol. The summed E-state index contributed by atoms with van der Waals surface area (Å²) >= 11 is 0. The number of fused-ring (bicyclic) bond motifs is 1. The summed E-state index contributed by atoms with van der Waals surface area (Å²) in [6.45, 7) is 5.86. The number of nitro benzene ring substituents is 1. The number of nitrogens with one attached hydrogen (secondary N) is 1. The highest BCUT2D eigenvalue weighted by atomic mass is 16.6. The molecule has 0 atom stereocenters. The Morgan fingerprint density at radius 1 is 1.29 bits per heavy atom. The Morgan fingerprint density at radius 2 is 1.94 bits per heavy atom. The van der Waals surface area contributed by atoms with Gasteiger partial charge in [0.25, 0.3) is 5.69 Å². The normalized spacial score (nSPS) is 9.65. The summed E-state index contributed by atoms with van der Waals surface area (Å²) in [7, 11) is 1.49. The molecule has 1 N–H and O–H groups in total. The Kier molecular flexibility index (Phi) is 4.09. The van der Waals surface area contributed by atoms with Crippen LogP contribution in [0.1, 0.15) is 19.5 Å². The molecule has 0 aliphatic carbocycles. The summed E-state index contributed by atoms with van der Waals surface area (Å²) in [5, 5.41) is 11.4. The molecule has 0 spiro atoms. The molecule has 0 radical (unpaired) electrons. The van der Waals surface area contributed by atoms with Crippen LogP contribution in [0.15, 0.2) is 18.2 Å². The summed E-state index contributed by atoms with van der Waals surface area (Å²) < 4.78 is 5.00. The second kappa shape index (κ2) is 5.34. The lowest BCUT2D eigenvalue weighted by Crippen LogP contribution is -1.90. The topological polar surface area (TPSA) is 68.2 Å². The van der Waals surface area contributed by atoms with Crippen molar-refractivity contribution < 1.29 is 9.66 Å². The Bertz CT molecular complexity index is 532. The van der Waals surface area contributed by atoms with Gasteiger partial charge in [-0.1, -0.05) is 13.8 Å². The molecule has 0 saturated carbocycles. The number of nitrogens with zero attached hydrogens (tertiary/aromatic N) is 1. The summed E-state index contributed by atoms with van der Waals surface area (Å²) in [6, 6.07) is 4.93. The molecule has 0 saturated heterocycles. The van der Waals surface area contributed by atoms with Crippen molar-refractivity contribution in [2.75, 3.05) is 7.11 Å². The van der Waals surface area contributed by atoms with Crippen LogP contribution in [-0.2, 0) is 0 Å². The number of nitro groups is 1. The van der Waals surface area contributed by atoms with Gasteiger partial charge in [0.15, 0.2) is 0 Å². The molecule has 1 aromatic heterocycles. The van der Waals surface area contributed by atoms with Gasteiger partial charge in [-0.05, 0) is 13.0 Å². The average Bonchev–Trinajstić information content (AvgIpc) is 2.69. The zero-order valence-corrected chi connectivity index (χ0v) is 10.4. The van der Waals surface area contributed by atoms with Crippen LogP contribution < -0.4 is 4.74 Å². The standard InChI is InChI=1S/C10H10N2O3.C2H6/c1-6-3-8-9(11-6)4-7(15-2)5-10(8)12(13)14;1-2/h3-5,11H,1-2H3;1-2H3. The number of hydrogen-bond acceptors (Lipinski definition) is 3. The molecule has 0 fully saturated rings. The maximum absolute atomic E-state index is 10.8. The van der Waals surface area contributed by atoms with E-state index in [4.69, 9.17) is 4.74 Å². The second-order valence-corrected chi connectivity index (χ2v) is 3.32. The van der Waals surface area contributed by atoms with Gasteiger partial charge in [-0.2, -0.15) is 0 Å². The third kappa shape index (κ3) is 2.55. The van der Waals surface area contributed by atoms with E-state index in [2.05, 4.69) is 4.98 Å². The van der Waals surface area contributed by atoms with Crippen molar-refractivity contribution in [3.63, 3.8) is 0 Å². The molecule has 5 nitrogen and oxygen atoms in total. The summed E-state index contributed by atoms with van der Waals surface area (Å²) in [5.74, 6) is 0.482. The molecule has 17 heavy (non-hydrogen) atoms. The fourth-order valence-corrected chi connectivity index (χ4v) is 1.60. The first-order valence-corrected chi connectivity index (χ1v) is 5.43. The van der Waals surface area contributed by atoms with E-state index in [0.29, 0.717) is 11.1 Å². The number of methoxy groups -OCH3 is 1. The Balaban J connectivity index is 0.000000686. The van der Waals surface area contributed by atoms with Gasteiger partial charge in [0.2, 0.25) is 0 Å². The molecule has 2 aromatic rings. The molecule has 1 heterocycles. The Hall–Kier alpha value is -2.04.